The van der Waals surface area contributed by atoms with Crippen molar-refractivity contribution in [1.82, 2.24) is 0 Å². The number of hydrogen-bond donors (Lipinski definition) is 1. The van der Waals surface area contributed by atoms with E-state index >= 15 is 0 Å². The first kappa shape index (κ1) is 57.2. The molecular weight excluding hydrogens is 1320 g/mol. The van der Waals surface area contributed by atoms with Gasteiger partial charge in [0.2, 0.25) is 0 Å². The zero-order chi connectivity index (χ0) is 48.4. The number of phenolic OH excluding ortho intramolecular Hbond substituents is 1. The van der Waals surface area contributed by atoms with Crippen molar-refractivity contribution >= 4 is 114 Å². The summed E-state index contributed by atoms with van der Waals surface area (Å²) in [7, 11) is -6.09. The zero-order valence-electron chi connectivity index (χ0n) is 32.0. The van der Waals surface area contributed by atoms with Crippen molar-refractivity contribution in [2.75, 3.05) is 11.5 Å². The summed E-state index contributed by atoms with van der Waals surface area (Å²) in [5, 5.41) is 8.75. The summed E-state index contributed by atoms with van der Waals surface area (Å²) in [5.74, 6) is -3.83. The first-order valence-electron chi connectivity index (χ1n) is 17.6. The summed E-state index contributed by atoms with van der Waals surface area (Å²) in [6.07, 6.45) is -3.22. The number of thioether (sulfide) groups is 1. The number of ether oxygens (including phenoxy) is 1. The van der Waals surface area contributed by atoms with Crippen molar-refractivity contribution in [1.29, 1.82) is 0 Å². The lowest BCUT2D eigenvalue weighted by molar-refractivity contribution is -0.189. The van der Waals surface area contributed by atoms with Gasteiger partial charge in [0.05, 0.1) is 0 Å². The molecule has 0 aromatic heterocycles. The Morgan fingerprint density at radius 1 is 0.652 bits per heavy atom. The second-order valence-corrected chi connectivity index (χ2v) is 20.8. The lowest BCUT2D eigenvalue weighted by atomic mass is 10.0. The molecule has 0 spiro atoms. The van der Waals surface area contributed by atoms with Crippen molar-refractivity contribution in [3.63, 3.8) is 0 Å². The monoisotopic (exact) mass is 1340 g/mol. The van der Waals surface area contributed by atoms with Gasteiger partial charge in [-0.15, -0.1) is 0 Å². The Morgan fingerprint density at radius 2 is 1.06 bits per heavy atom. The lowest BCUT2D eigenvalue weighted by Crippen LogP contribution is -2.25. The van der Waals surface area contributed by atoms with Crippen molar-refractivity contribution < 1.29 is 71.1 Å². The minimum Gasteiger partial charge on any atom is -0.741 e. The smallest absolute Gasteiger partial charge is 0.485 e. The predicted octanol–water partition coefficient (Wildman–Crippen LogP) is 15.2. The Hall–Kier alpha value is -3.08. The van der Waals surface area contributed by atoms with Gasteiger partial charge in [0.1, 0.15) is 57.5 Å². The van der Waals surface area contributed by atoms with Gasteiger partial charge >= 0.3 is 11.6 Å². The van der Waals surface area contributed by atoms with Crippen LogP contribution in [0.3, 0.4) is 0 Å². The average molecular weight is 1340 g/mol. The molecule has 0 fully saturated rings. The van der Waals surface area contributed by atoms with Gasteiger partial charge in [-0.05, 0) is 153 Å². The van der Waals surface area contributed by atoms with E-state index in [1.54, 1.807) is 18.2 Å². The fourth-order valence-corrected chi connectivity index (χ4v) is 9.12. The highest BCUT2D eigenvalue weighted by Gasteiger charge is 2.41. The molecule has 5 nitrogen and oxygen atoms in total. The molecule has 354 valence electrons. The minimum absolute atomic E-state index is 0. The first-order chi connectivity index (χ1) is 30.3. The molecule has 1 aliphatic heterocycles. The summed E-state index contributed by atoms with van der Waals surface area (Å²) >= 11 is 13.3. The molecule has 23 heteroatoms. The largest absolute Gasteiger partial charge is 0.741 e. The third kappa shape index (κ3) is 16.6. The first-order valence-corrected chi connectivity index (χ1v) is 24.7. The van der Waals surface area contributed by atoms with Crippen molar-refractivity contribution in [3.05, 3.63) is 171 Å². The van der Waals surface area contributed by atoms with Crippen LogP contribution < -0.4 is 4.74 Å². The van der Waals surface area contributed by atoms with Crippen LogP contribution in [-0.4, -0.2) is 39.3 Å². The quantitative estimate of drug-likeness (QED) is 0.0447. The second-order valence-electron chi connectivity index (χ2n) is 12.7. The Labute approximate surface area is 423 Å². The molecule has 7 rings (SSSR count). The number of benzene rings is 6. The number of aromatic hydroxyl groups is 1. The molecule has 6 aromatic carbocycles. The maximum atomic E-state index is 14.4. The highest BCUT2D eigenvalue weighted by molar-refractivity contribution is 14.1. The molecule has 1 heterocycles. The van der Waals surface area contributed by atoms with Crippen molar-refractivity contribution in [2.24, 2.45) is 0 Å². The van der Waals surface area contributed by atoms with Gasteiger partial charge < -0.3 is 14.4 Å². The van der Waals surface area contributed by atoms with Crippen LogP contribution in [0.1, 0.15) is 25.0 Å². The fourth-order valence-electron chi connectivity index (χ4n) is 5.09. The molecule has 6 aromatic rings. The topological polar surface area (TPSA) is 86.7 Å². The molecule has 66 heavy (non-hydrogen) atoms. The Morgan fingerprint density at radius 3 is 1.42 bits per heavy atom. The summed E-state index contributed by atoms with van der Waals surface area (Å²) < 4.78 is 181. The molecule has 0 atom stereocenters. The Bertz CT molecular complexity index is 2700. The molecular formula is C43H29Br2F11I2O5S3. The maximum absolute atomic E-state index is 14.4. The van der Waals surface area contributed by atoms with Crippen LogP contribution in [0.5, 0.6) is 11.5 Å². The average Bonchev–Trinajstić information content (AvgIpc) is 3.19. The van der Waals surface area contributed by atoms with E-state index in [-0.39, 0.29) is 41.0 Å². The van der Waals surface area contributed by atoms with Gasteiger partial charge in [-0.1, -0.05) is 63.2 Å². The van der Waals surface area contributed by atoms with Crippen LogP contribution in [0.2, 0.25) is 0 Å². The van der Waals surface area contributed by atoms with Crippen LogP contribution in [0.25, 0.3) is 22.3 Å². The van der Waals surface area contributed by atoms with Gasteiger partial charge in [0.15, 0.2) is 27.2 Å². The highest BCUT2D eigenvalue weighted by Crippen LogP contribution is 2.38. The van der Waals surface area contributed by atoms with Crippen LogP contribution in [0.4, 0.5) is 48.3 Å². The van der Waals surface area contributed by atoms with E-state index in [1.165, 1.54) is 83.8 Å². The Balaban J connectivity index is 0.000000263. The predicted molar refractivity (Wildman–Crippen MR) is 259 cm³/mol. The number of alkyl halides is 5. The number of phenols is 1. The third-order valence-corrected chi connectivity index (χ3v) is 13.6. The molecule has 0 amide bonds. The molecule has 1 N–H and O–H groups in total. The van der Waals surface area contributed by atoms with Gasteiger partial charge in [-0.3, -0.25) is 0 Å². The van der Waals surface area contributed by atoms with Crippen LogP contribution in [0, 0.1) is 42.0 Å². The third-order valence-electron chi connectivity index (χ3n) is 7.99. The second kappa shape index (κ2) is 25.0. The van der Waals surface area contributed by atoms with Gasteiger partial charge in [-0.25, -0.2) is 34.8 Å². The van der Waals surface area contributed by atoms with Gasteiger partial charge in [0, 0.05) is 39.4 Å². The summed E-state index contributed by atoms with van der Waals surface area (Å²) in [5.41, 5.74) is -7.12. The summed E-state index contributed by atoms with van der Waals surface area (Å²) in [6.45, 7) is 0. The van der Waals surface area contributed by atoms with Crippen LogP contribution in [0.15, 0.2) is 118 Å². The van der Waals surface area contributed by atoms with E-state index in [0.717, 1.165) is 31.1 Å². The highest BCUT2D eigenvalue weighted by atomic mass is 127. The number of rotatable bonds is 6. The normalized spacial score (nSPS) is 12.5. The van der Waals surface area contributed by atoms with Crippen molar-refractivity contribution in [3.8, 4) is 33.8 Å². The molecule has 0 radical (unpaired) electrons. The zero-order valence-corrected chi connectivity index (χ0v) is 41.9. The molecule has 0 unspecified atom stereocenters. The summed E-state index contributed by atoms with van der Waals surface area (Å²) in [6, 6.07) is 24.6. The fraction of sp³-hybridized carbons (Fsp3) is 0.140. The van der Waals surface area contributed by atoms with E-state index in [9.17, 15) is 48.3 Å². The van der Waals surface area contributed by atoms with E-state index in [2.05, 4.69) is 59.2 Å². The standard InChI is InChI=1S/C19H9BrF5IO.C16H11BrF3S2.C6H5IO.CHF3O3S.CH4/c20-11-1-6-14(15(21)9-11)10-7-16(22)18(17(23)8-10)19(24,25)27-13-4-2-12(26)3-5-13;17-10-2-3-11(12(18)8-10)9-6-13(19)15(14(20)7-9)16-21-4-1-5-22-16;7-5-1-3-6(8)4-2-5;2-1(3,4)8(5,6)7;/h1-9H;2-3,6-8H,1,4-5H2;1-4,8H;(H,5,6,7);1H4/q;+1;;;/p-1. The SMILES string of the molecule is C.Fc1cc(Br)ccc1-c1cc(F)c(C(F)(F)Oc2ccc(I)cc2)c(F)c1.Fc1cc(Br)ccc1-c1cc(F)c(C2=[S+]CCCS2)c(F)c1.O=S(=O)([O-])C(F)(F)F.Oc1ccc(I)cc1. The molecule has 0 aliphatic carbocycles. The van der Waals surface area contributed by atoms with Gasteiger partial charge in [-0.2, -0.15) is 22.0 Å². The minimum atomic E-state index is -6.09. The lowest BCUT2D eigenvalue weighted by Gasteiger charge is -2.20. The summed E-state index contributed by atoms with van der Waals surface area (Å²) in [4.78, 5) is 0. The molecule has 0 bridgehead atoms. The molecule has 0 saturated carbocycles. The van der Waals surface area contributed by atoms with E-state index in [4.69, 9.17) is 18.1 Å². The maximum Gasteiger partial charge on any atom is 0.485 e. The number of hydrogen-bond acceptors (Lipinski definition) is 6. The van der Waals surface area contributed by atoms with Crippen LogP contribution in [-0.2, 0) is 27.6 Å². The Kier molecular flexibility index (Phi) is 21.7. The van der Waals surface area contributed by atoms with Crippen LogP contribution >= 0.6 is 88.8 Å². The number of halogens is 15. The van der Waals surface area contributed by atoms with Crippen molar-refractivity contribution in [2.45, 2.75) is 25.5 Å². The van der Waals surface area contributed by atoms with E-state index < -0.39 is 62.2 Å². The van der Waals surface area contributed by atoms with Gasteiger partial charge in [0.25, 0.3) is 4.20 Å². The molecule has 0 saturated heterocycles. The van der Waals surface area contributed by atoms with E-state index in [1.807, 2.05) is 34.7 Å². The van der Waals surface area contributed by atoms with E-state index in [0.29, 0.717) is 31.0 Å². The molecule has 1 aliphatic rings.